The van der Waals surface area contributed by atoms with E-state index in [1.54, 1.807) is 6.92 Å². The minimum Gasteiger partial charge on any atom is -0.507 e. The van der Waals surface area contributed by atoms with Gasteiger partial charge in [-0.3, -0.25) is 9.59 Å². The fourth-order valence-corrected chi connectivity index (χ4v) is 5.77. The summed E-state index contributed by atoms with van der Waals surface area (Å²) < 4.78 is 17.1. The zero-order chi connectivity index (χ0) is 28.4. The number of phenols is 2. The second-order valence-corrected chi connectivity index (χ2v) is 10.2. The largest absolute Gasteiger partial charge is 0.507 e. The first kappa shape index (κ1) is 27.2. The highest BCUT2D eigenvalue weighted by Crippen LogP contribution is 2.52. The molecule has 0 bridgehead atoms. The number of rotatable bonds is 5. The van der Waals surface area contributed by atoms with E-state index in [0.29, 0.717) is 0 Å². The summed E-state index contributed by atoms with van der Waals surface area (Å²) in [4.78, 5) is 27.2. The van der Waals surface area contributed by atoms with Gasteiger partial charge in [0.25, 0.3) is 0 Å². The Bertz CT molecular complexity index is 1380. The molecule has 1 heterocycles. The fraction of sp³-hybridized carbons (Fsp3) is 0.444. The van der Waals surface area contributed by atoms with E-state index in [1.165, 1.54) is 25.3 Å². The van der Waals surface area contributed by atoms with E-state index in [2.05, 4.69) is 0 Å². The second kappa shape index (κ2) is 9.66. The van der Waals surface area contributed by atoms with Crippen LogP contribution in [0.4, 0.5) is 0 Å². The third-order valence-electron chi connectivity index (χ3n) is 7.86. The van der Waals surface area contributed by atoms with Crippen molar-refractivity contribution in [3.8, 4) is 17.2 Å². The van der Waals surface area contributed by atoms with Crippen LogP contribution in [-0.2, 0) is 15.9 Å². The Labute approximate surface area is 223 Å². The van der Waals surface area contributed by atoms with Crippen LogP contribution in [0.15, 0.2) is 18.2 Å². The number of carbonyl (C=O) groups excluding carboxylic acids is 2. The molecule has 2 aromatic rings. The van der Waals surface area contributed by atoms with E-state index in [-0.39, 0.29) is 40.8 Å². The molecule has 2 aromatic carbocycles. The summed E-state index contributed by atoms with van der Waals surface area (Å²) in [6, 6.07) is 3.71. The van der Waals surface area contributed by atoms with E-state index in [0.717, 1.165) is 0 Å². The third kappa shape index (κ3) is 4.11. The number of ether oxygens (including phenoxy) is 3. The van der Waals surface area contributed by atoms with Gasteiger partial charge in [0.1, 0.15) is 22.8 Å². The van der Waals surface area contributed by atoms with Crippen LogP contribution in [0, 0.1) is 5.41 Å². The van der Waals surface area contributed by atoms with Crippen molar-refractivity contribution < 1.29 is 49.3 Å². The molecule has 208 valence electrons. The van der Waals surface area contributed by atoms with Crippen LogP contribution in [0.2, 0.25) is 0 Å². The van der Waals surface area contributed by atoms with Crippen molar-refractivity contribution in [2.75, 3.05) is 13.7 Å². The van der Waals surface area contributed by atoms with E-state index >= 15 is 0 Å². The summed E-state index contributed by atoms with van der Waals surface area (Å²) in [5.41, 5.74) is 2.40. The molecule has 12 nitrogen and oxygen atoms in total. The molecule has 2 aliphatic carbocycles. The first-order valence-electron chi connectivity index (χ1n) is 12.5. The molecule has 6 atom stereocenters. The van der Waals surface area contributed by atoms with Crippen LogP contribution in [0.25, 0.3) is 0 Å². The minimum absolute atomic E-state index is 0.0272. The van der Waals surface area contributed by atoms with E-state index in [4.69, 9.17) is 25.4 Å². The number of aliphatic hydroxyl groups excluding tert-OH is 2. The lowest BCUT2D eigenvalue weighted by Gasteiger charge is -2.42. The molecule has 12 heteroatoms. The normalized spacial score (nSPS) is 29.8. The van der Waals surface area contributed by atoms with Crippen molar-refractivity contribution in [1.82, 2.24) is 0 Å². The summed E-state index contributed by atoms with van der Waals surface area (Å²) in [5.74, 6) is -2.63. The number of benzene rings is 2. The molecule has 1 aliphatic heterocycles. The number of carbonyl (C=O) groups is 2. The fourth-order valence-electron chi connectivity index (χ4n) is 5.77. The molecule has 1 fully saturated rings. The standard InChI is InChI=1S/C27H30N2O10/c1-10-22(31)13(28)6-17(38-10)39-15-8-27(36,16(29)9-30)7-12-19(15)26(35)21-20(24(12)33)23(32)11-4-3-5-14(37-2)18(11)25(21)34/h3-5,10,13,15,17,22,29-31,33,35-36H,6-9,28H2,1-2H3/t10-,13?,15?,17-,22+,27-/m0/s1. The number of aliphatic hydroxyl groups is 3. The van der Waals surface area contributed by atoms with Gasteiger partial charge < -0.3 is 50.9 Å². The summed E-state index contributed by atoms with van der Waals surface area (Å²) in [6.07, 6.45) is -4.68. The van der Waals surface area contributed by atoms with E-state index in [1.807, 2.05) is 0 Å². The van der Waals surface area contributed by atoms with Crippen LogP contribution in [0.5, 0.6) is 17.2 Å². The molecule has 5 rings (SSSR count). The number of fused-ring (bicyclic) bond motifs is 3. The van der Waals surface area contributed by atoms with Gasteiger partial charge in [0.2, 0.25) is 5.78 Å². The monoisotopic (exact) mass is 542 g/mol. The molecule has 8 N–H and O–H groups in total. The van der Waals surface area contributed by atoms with Crippen molar-refractivity contribution in [2.24, 2.45) is 5.73 Å². The quantitative estimate of drug-likeness (QED) is 0.174. The molecule has 0 radical (unpaired) electrons. The zero-order valence-electron chi connectivity index (χ0n) is 21.3. The van der Waals surface area contributed by atoms with Gasteiger partial charge in [-0.15, -0.1) is 0 Å². The number of nitrogens with two attached hydrogens (primary N) is 1. The number of methoxy groups -OCH3 is 1. The number of hydrogen-bond acceptors (Lipinski definition) is 12. The maximum Gasteiger partial charge on any atom is 0.202 e. The van der Waals surface area contributed by atoms with E-state index in [9.17, 15) is 35.1 Å². The van der Waals surface area contributed by atoms with Gasteiger partial charge in [-0.2, -0.15) is 0 Å². The summed E-state index contributed by atoms with van der Waals surface area (Å²) in [6.45, 7) is 0.802. The van der Waals surface area contributed by atoms with Crippen LogP contribution < -0.4 is 10.5 Å². The first-order chi connectivity index (χ1) is 18.4. The zero-order valence-corrected chi connectivity index (χ0v) is 21.3. The van der Waals surface area contributed by atoms with Gasteiger partial charge in [0, 0.05) is 42.0 Å². The summed E-state index contributed by atoms with van der Waals surface area (Å²) in [7, 11) is 1.33. The lowest BCUT2D eigenvalue weighted by Crippen LogP contribution is -2.53. The Hall–Kier alpha value is -3.39. The van der Waals surface area contributed by atoms with Gasteiger partial charge >= 0.3 is 0 Å². The Morgan fingerprint density at radius 2 is 1.87 bits per heavy atom. The average Bonchev–Trinajstić information content (AvgIpc) is 2.90. The highest BCUT2D eigenvalue weighted by atomic mass is 16.7. The topological polar surface area (TPSA) is 213 Å². The lowest BCUT2D eigenvalue weighted by molar-refractivity contribution is -0.245. The Morgan fingerprint density at radius 3 is 2.51 bits per heavy atom. The van der Waals surface area contributed by atoms with Crippen molar-refractivity contribution in [3.63, 3.8) is 0 Å². The number of ketones is 2. The van der Waals surface area contributed by atoms with Crippen LogP contribution in [-0.4, -0.2) is 86.7 Å². The molecule has 2 unspecified atom stereocenters. The van der Waals surface area contributed by atoms with Crippen LogP contribution in [0.1, 0.15) is 68.8 Å². The molecular formula is C27H30N2O10. The first-order valence-corrected chi connectivity index (χ1v) is 12.5. The summed E-state index contributed by atoms with van der Waals surface area (Å²) in [5, 5.41) is 62.2. The molecule has 0 amide bonds. The SMILES string of the molecule is COc1cccc2c1C(=O)c1c(O)c3c(c(O)c1C2=O)C[C@@](O)(C(=N)CO)CC3O[C@H]1CC(N)[C@H](O)[C@H](C)O1. The predicted molar refractivity (Wildman–Crippen MR) is 134 cm³/mol. The predicted octanol–water partition coefficient (Wildman–Crippen LogP) is 0.452. The van der Waals surface area contributed by atoms with Gasteiger partial charge in [-0.05, 0) is 13.0 Å². The van der Waals surface area contributed by atoms with Crippen molar-refractivity contribution >= 4 is 17.3 Å². The maximum absolute atomic E-state index is 13.7. The van der Waals surface area contributed by atoms with Gasteiger partial charge in [0.15, 0.2) is 12.1 Å². The number of phenolic OH excluding ortho intramolecular Hbond substituents is 2. The maximum atomic E-state index is 13.7. The smallest absolute Gasteiger partial charge is 0.202 e. The Balaban J connectivity index is 1.69. The molecular weight excluding hydrogens is 512 g/mol. The van der Waals surface area contributed by atoms with Crippen LogP contribution >= 0.6 is 0 Å². The van der Waals surface area contributed by atoms with Gasteiger partial charge in [0.05, 0.1) is 54.4 Å². The van der Waals surface area contributed by atoms with Crippen molar-refractivity contribution in [2.45, 2.75) is 62.4 Å². The summed E-state index contributed by atoms with van der Waals surface area (Å²) >= 11 is 0. The highest BCUT2D eigenvalue weighted by Gasteiger charge is 2.49. The van der Waals surface area contributed by atoms with Crippen molar-refractivity contribution in [1.29, 1.82) is 5.41 Å². The molecule has 3 aliphatic rings. The number of hydrogen-bond donors (Lipinski definition) is 7. The Kier molecular flexibility index (Phi) is 6.74. The average molecular weight is 543 g/mol. The second-order valence-electron chi connectivity index (χ2n) is 10.2. The Morgan fingerprint density at radius 1 is 1.18 bits per heavy atom. The van der Waals surface area contributed by atoms with Gasteiger partial charge in [-0.1, -0.05) is 12.1 Å². The van der Waals surface area contributed by atoms with Crippen molar-refractivity contribution in [3.05, 3.63) is 51.6 Å². The molecule has 0 saturated carbocycles. The van der Waals surface area contributed by atoms with E-state index < -0.39 is 89.2 Å². The number of aromatic hydroxyl groups is 2. The van der Waals surface area contributed by atoms with Gasteiger partial charge in [-0.25, -0.2) is 0 Å². The van der Waals surface area contributed by atoms with Crippen LogP contribution in [0.3, 0.4) is 0 Å². The molecule has 0 spiro atoms. The molecule has 0 aromatic heterocycles. The number of nitrogens with one attached hydrogen (secondary N) is 1. The lowest BCUT2D eigenvalue weighted by atomic mass is 9.71. The molecule has 1 saturated heterocycles. The third-order valence-corrected chi connectivity index (χ3v) is 7.86. The highest BCUT2D eigenvalue weighted by molar-refractivity contribution is 6.31. The molecule has 39 heavy (non-hydrogen) atoms. The minimum atomic E-state index is -2.02.